The zero-order valence-electron chi connectivity index (χ0n) is 17.8. The van der Waals surface area contributed by atoms with Gasteiger partial charge in [0, 0.05) is 22.6 Å². The van der Waals surface area contributed by atoms with Gasteiger partial charge >= 0.3 is 0 Å². The second-order valence-electron chi connectivity index (χ2n) is 8.97. The molecule has 5 rings (SSSR count). The highest BCUT2D eigenvalue weighted by molar-refractivity contribution is 9.10. The molecule has 0 radical (unpaired) electrons. The molecule has 0 bridgehead atoms. The van der Waals surface area contributed by atoms with Crippen LogP contribution in [-0.2, 0) is 16.8 Å². The molecule has 0 amide bonds. The summed E-state index contributed by atoms with van der Waals surface area (Å²) in [6.07, 6.45) is 5.31. The molecule has 3 aliphatic rings. The highest BCUT2D eigenvalue weighted by atomic mass is 79.9. The van der Waals surface area contributed by atoms with Crippen LogP contribution >= 0.6 is 15.9 Å². The summed E-state index contributed by atoms with van der Waals surface area (Å²) >= 11 is 3.54. The van der Waals surface area contributed by atoms with Gasteiger partial charge in [-0.3, -0.25) is 4.99 Å². The highest BCUT2D eigenvalue weighted by Gasteiger charge is 2.60. The lowest BCUT2D eigenvalue weighted by molar-refractivity contribution is -0.000372. The smallest absolute Gasteiger partial charge is 0.184 e. The van der Waals surface area contributed by atoms with Crippen LogP contribution in [0.15, 0.2) is 50.9 Å². The molecule has 158 valence electrons. The predicted molar refractivity (Wildman–Crippen MR) is 126 cm³/mol. The number of ether oxygens (including phenoxy) is 1. The molecule has 0 aromatic heterocycles. The molecule has 1 unspecified atom stereocenters. The molecule has 5 nitrogen and oxygen atoms in total. The van der Waals surface area contributed by atoms with E-state index in [1.165, 1.54) is 5.56 Å². The Morgan fingerprint density at radius 3 is 2.55 bits per heavy atom. The summed E-state index contributed by atoms with van der Waals surface area (Å²) in [6, 6.07) is 14.6. The average molecular weight is 477 g/mol. The Labute approximate surface area is 191 Å². The zero-order chi connectivity index (χ0) is 21.8. The lowest BCUT2D eigenvalue weighted by Gasteiger charge is -2.44. The molecule has 2 aromatic carbocycles. The molecule has 31 heavy (non-hydrogen) atoms. The summed E-state index contributed by atoms with van der Waals surface area (Å²) in [5.74, 6) is 0.542. The van der Waals surface area contributed by atoms with Gasteiger partial charge < -0.3 is 10.5 Å². The van der Waals surface area contributed by atoms with Crippen molar-refractivity contribution in [2.24, 2.45) is 21.1 Å². The fourth-order valence-corrected chi connectivity index (χ4v) is 6.17. The number of fused-ring (bicyclic) bond motifs is 3. The number of nitrogens with zero attached hydrogens (tertiary/aromatic N) is 3. The van der Waals surface area contributed by atoms with Gasteiger partial charge in [0.05, 0.1) is 23.4 Å². The lowest BCUT2D eigenvalue weighted by Crippen LogP contribution is -2.43. The monoisotopic (exact) mass is 476 g/mol. The van der Waals surface area contributed by atoms with Gasteiger partial charge in [0.1, 0.15) is 5.84 Å². The standard InChI is InChI=1S/C25H25BrN4O/c1-15-23(28)30-25(29-15)22-12-17(19-9-16(14-27)10-20(26)11-19)3-4-18(22)13-24(25)7-5-21(31-2)6-8-24/h3-4,9-12,21H,5-8,13H2,1-2H3,(H2,28,30)/t21-,24-,25?. The number of amidine groups is 1. The minimum Gasteiger partial charge on any atom is -0.382 e. The molecule has 2 spiro atoms. The summed E-state index contributed by atoms with van der Waals surface area (Å²) in [4.78, 5) is 10.2. The third-order valence-electron chi connectivity index (χ3n) is 7.32. The van der Waals surface area contributed by atoms with Crippen LogP contribution in [0, 0.1) is 16.7 Å². The first-order chi connectivity index (χ1) is 14.9. The van der Waals surface area contributed by atoms with Gasteiger partial charge in [-0.05, 0) is 80.0 Å². The summed E-state index contributed by atoms with van der Waals surface area (Å²) in [7, 11) is 1.80. The van der Waals surface area contributed by atoms with Crippen LogP contribution in [0.25, 0.3) is 11.1 Å². The van der Waals surface area contributed by atoms with Crippen molar-refractivity contribution in [2.75, 3.05) is 7.11 Å². The van der Waals surface area contributed by atoms with Crippen molar-refractivity contribution in [1.29, 1.82) is 5.26 Å². The predicted octanol–water partition coefficient (Wildman–Crippen LogP) is 5.10. The van der Waals surface area contributed by atoms with Crippen molar-refractivity contribution >= 4 is 27.5 Å². The number of rotatable bonds is 2. The summed E-state index contributed by atoms with van der Waals surface area (Å²) in [5, 5.41) is 9.39. The van der Waals surface area contributed by atoms with Crippen molar-refractivity contribution in [2.45, 2.75) is 50.8 Å². The molecule has 2 aliphatic carbocycles. The molecular formula is C25H25BrN4O. The maximum absolute atomic E-state index is 9.39. The van der Waals surface area contributed by atoms with E-state index in [0.29, 0.717) is 17.5 Å². The van der Waals surface area contributed by atoms with Crippen LogP contribution in [0.2, 0.25) is 0 Å². The molecule has 1 aliphatic heterocycles. The third-order valence-corrected chi connectivity index (χ3v) is 7.78. The van der Waals surface area contributed by atoms with Gasteiger partial charge in [-0.15, -0.1) is 0 Å². The maximum atomic E-state index is 9.39. The van der Waals surface area contributed by atoms with E-state index in [2.05, 4.69) is 40.2 Å². The fourth-order valence-electron chi connectivity index (χ4n) is 5.67. The highest BCUT2D eigenvalue weighted by Crippen LogP contribution is 2.62. The largest absolute Gasteiger partial charge is 0.382 e. The van der Waals surface area contributed by atoms with Gasteiger partial charge in [-0.1, -0.05) is 28.1 Å². The molecule has 6 heteroatoms. The molecule has 1 heterocycles. The van der Waals surface area contributed by atoms with Crippen LogP contribution in [0.5, 0.6) is 0 Å². The summed E-state index contributed by atoms with van der Waals surface area (Å²) in [6.45, 7) is 1.96. The van der Waals surface area contributed by atoms with Crippen molar-refractivity contribution in [3.05, 3.63) is 57.6 Å². The second kappa shape index (κ2) is 7.29. The Kier molecular flexibility index (Phi) is 4.80. The molecule has 0 saturated heterocycles. The minimum absolute atomic E-state index is 0.0690. The SMILES string of the molecule is CO[C@H]1CC[C@]2(CC1)Cc1ccc(-c3cc(Br)cc(C#N)c3)cc1C21N=C(C)C(N)=N1. The van der Waals surface area contributed by atoms with E-state index < -0.39 is 5.66 Å². The molecule has 2 aromatic rings. The van der Waals surface area contributed by atoms with Crippen molar-refractivity contribution < 1.29 is 4.74 Å². The Balaban J connectivity index is 1.65. The molecule has 2 N–H and O–H groups in total. The number of methoxy groups -OCH3 is 1. The van der Waals surface area contributed by atoms with Crippen LogP contribution in [0.3, 0.4) is 0 Å². The maximum Gasteiger partial charge on any atom is 0.184 e. The zero-order valence-corrected chi connectivity index (χ0v) is 19.4. The molecule has 1 saturated carbocycles. The molecular weight excluding hydrogens is 452 g/mol. The van der Waals surface area contributed by atoms with Crippen molar-refractivity contribution in [1.82, 2.24) is 0 Å². The number of benzene rings is 2. The molecule has 1 atom stereocenters. The average Bonchev–Trinajstić information content (AvgIpc) is 3.21. The van der Waals surface area contributed by atoms with Gasteiger partial charge in [0.15, 0.2) is 5.66 Å². The Morgan fingerprint density at radius 2 is 1.90 bits per heavy atom. The first kappa shape index (κ1) is 20.4. The number of hydrogen-bond donors (Lipinski definition) is 1. The van der Waals surface area contributed by atoms with Gasteiger partial charge in [-0.2, -0.15) is 5.26 Å². The Bertz CT molecular complexity index is 1150. The number of nitriles is 1. The van der Waals surface area contributed by atoms with Crippen LogP contribution in [0.4, 0.5) is 0 Å². The van der Waals surface area contributed by atoms with E-state index >= 15 is 0 Å². The van der Waals surface area contributed by atoms with E-state index in [1.54, 1.807) is 7.11 Å². The normalized spacial score (nSPS) is 29.0. The van der Waals surface area contributed by atoms with Crippen LogP contribution in [-0.4, -0.2) is 24.8 Å². The quantitative estimate of drug-likeness (QED) is 0.653. The number of hydrogen-bond acceptors (Lipinski definition) is 5. The summed E-state index contributed by atoms with van der Waals surface area (Å²) < 4.78 is 6.54. The first-order valence-electron chi connectivity index (χ1n) is 10.7. The number of nitrogens with two attached hydrogens (primary N) is 1. The number of halogens is 1. The first-order valence-corrected chi connectivity index (χ1v) is 11.5. The Morgan fingerprint density at radius 1 is 1.13 bits per heavy atom. The molecule has 1 fully saturated rings. The van der Waals surface area contributed by atoms with Crippen LogP contribution in [0.1, 0.15) is 49.3 Å². The Hall–Kier alpha value is -2.49. The topological polar surface area (TPSA) is 83.8 Å². The van der Waals surface area contributed by atoms with E-state index in [0.717, 1.165) is 59.0 Å². The fraction of sp³-hybridized carbons (Fsp3) is 0.400. The second-order valence-corrected chi connectivity index (χ2v) is 9.89. The van der Waals surface area contributed by atoms with E-state index in [1.807, 2.05) is 25.1 Å². The summed E-state index contributed by atoms with van der Waals surface area (Å²) in [5.41, 5.74) is 11.5. The van der Waals surface area contributed by atoms with Crippen molar-refractivity contribution in [3.63, 3.8) is 0 Å². The minimum atomic E-state index is -0.657. The third kappa shape index (κ3) is 3.06. The van der Waals surface area contributed by atoms with E-state index in [4.69, 9.17) is 20.5 Å². The van der Waals surface area contributed by atoms with Gasteiger partial charge in [0.2, 0.25) is 0 Å². The van der Waals surface area contributed by atoms with Gasteiger partial charge in [0.25, 0.3) is 0 Å². The van der Waals surface area contributed by atoms with E-state index in [-0.39, 0.29) is 5.41 Å². The lowest BCUT2D eigenvalue weighted by atomic mass is 9.65. The van der Waals surface area contributed by atoms with Gasteiger partial charge in [-0.25, -0.2) is 4.99 Å². The van der Waals surface area contributed by atoms with Crippen molar-refractivity contribution in [3.8, 4) is 17.2 Å². The number of aliphatic imine (C=N–C) groups is 2. The van der Waals surface area contributed by atoms with E-state index in [9.17, 15) is 5.26 Å². The van der Waals surface area contributed by atoms with Crippen LogP contribution < -0.4 is 5.73 Å².